The maximum Gasteiger partial charge on any atom is 0.123 e. The molecule has 1 fully saturated rings. The number of hydrogen-bond donors (Lipinski definition) is 2. The van der Waals surface area contributed by atoms with E-state index in [0.717, 1.165) is 32.0 Å². The molecule has 0 amide bonds. The Balaban J connectivity index is 1.74. The molecule has 1 heterocycles. The highest BCUT2D eigenvalue weighted by molar-refractivity contribution is 5.29. The number of nitrogens with two attached hydrogens (primary N) is 1. The topological polar surface area (TPSA) is 62.4 Å². The lowest BCUT2D eigenvalue weighted by Crippen LogP contribution is -2.31. The van der Waals surface area contributed by atoms with Crippen LogP contribution in [0.15, 0.2) is 18.3 Å². The van der Waals surface area contributed by atoms with Gasteiger partial charge in [0.15, 0.2) is 0 Å². The molecule has 3 N–H and O–H groups in total. The molecule has 4 nitrogen and oxygen atoms in total. The van der Waals surface area contributed by atoms with Crippen LogP contribution in [0.3, 0.4) is 0 Å². The van der Waals surface area contributed by atoms with E-state index >= 15 is 0 Å². The van der Waals surface area contributed by atoms with Gasteiger partial charge < -0.3 is 15.7 Å². The van der Waals surface area contributed by atoms with Crippen LogP contribution >= 0.6 is 0 Å². The number of hydrogen-bond acceptors (Lipinski definition) is 4. The van der Waals surface area contributed by atoms with E-state index in [-0.39, 0.29) is 6.61 Å². The summed E-state index contributed by atoms with van der Waals surface area (Å²) < 4.78 is 0. The smallest absolute Gasteiger partial charge is 0.123 e. The Morgan fingerprint density at radius 2 is 2.00 bits per heavy atom. The fourth-order valence-electron chi connectivity index (χ4n) is 3.01. The molecular weight excluding hydrogens is 250 g/mol. The first kappa shape index (κ1) is 15.3. The number of aromatic nitrogens is 1. The number of nitrogen functional groups attached to an aromatic ring is 1. The van der Waals surface area contributed by atoms with Crippen molar-refractivity contribution in [2.45, 2.75) is 38.5 Å². The number of anilines is 1. The summed E-state index contributed by atoms with van der Waals surface area (Å²) in [6, 6.07) is 3.89. The van der Waals surface area contributed by atoms with E-state index in [1.165, 1.54) is 37.7 Å². The molecule has 0 saturated heterocycles. The van der Waals surface area contributed by atoms with E-state index in [2.05, 4.69) is 9.88 Å². The fraction of sp³-hybridized carbons (Fsp3) is 0.688. The van der Waals surface area contributed by atoms with Crippen LogP contribution in [0.2, 0.25) is 0 Å². The Kier molecular flexibility index (Phi) is 6.27. The van der Waals surface area contributed by atoms with Crippen LogP contribution in [0.25, 0.3) is 0 Å². The summed E-state index contributed by atoms with van der Waals surface area (Å²) >= 11 is 0. The second-order valence-electron chi connectivity index (χ2n) is 5.85. The van der Waals surface area contributed by atoms with Gasteiger partial charge in [-0.15, -0.1) is 0 Å². The minimum Gasteiger partial charge on any atom is -0.395 e. The summed E-state index contributed by atoms with van der Waals surface area (Å²) in [6.07, 6.45) is 9.70. The van der Waals surface area contributed by atoms with Gasteiger partial charge in [-0.1, -0.05) is 31.7 Å². The molecule has 1 aliphatic carbocycles. The standard InChI is InChI=1S/C16H27N3O/c17-16-6-5-15(13-18-16)8-10-19(11-12-20)9-7-14-3-1-2-4-14/h5-6,13-14,20H,1-4,7-12H2,(H2,17,18). The normalized spacial score (nSPS) is 16.1. The number of pyridine rings is 1. The van der Waals surface area contributed by atoms with Crippen LogP contribution in [-0.2, 0) is 6.42 Å². The molecule has 0 unspecified atom stereocenters. The Morgan fingerprint density at radius 3 is 2.65 bits per heavy atom. The fourth-order valence-corrected chi connectivity index (χ4v) is 3.01. The lowest BCUT2D eigenvalue weighted by molar-refractivity contribution is 0.188. The van der Waals surface area contributed by atoms with Crippen molar-refractivity contribution < 1.29 is 5.11 Å². The Morgan fingerprint density at radius 1 is 1.20 bits per heavy atom. The van der Waals surface area contributed by atoms with Crippen molar-refractivity contribution in [3.63, 3.8) is 0 Å². The van der Waals surface area contributed by atoms with Crippen LogP contribution in [0, 0.1) is 5.92 Å². The van der Waals surface area contributed by atoms with E-state index in [1.807, 2.05) is 18.3 Å². The van der Waals surface area contributed by atoms with Gasteiger partial charge in [-0.2, -0.15) is 0 Å². The number of aliphatic hydroxyl groups excluding tert-OH is 1. The number of rotatable bonds is 8. The minimum absolute atomic E-state index is 0.241. The molecule has 0 radical (unpaired) electrons. The lowest BCUT2D eigenvalue weighted by atomic mass is 10.0. The van der Waals surface area contributed by atoms with Crippen LogP contribution < -0.4 is 5.73 Å². The molecule has 2 rings (SSSR count). The van der Waals surface area contributed by atoms with Gasteiger partial charge >= 0.3 is 0 Å². The molecule has 0 atom stereocenters. The molecule has 1 aromatic heterocycles. The van der Waals surface area contributed by atoms with Crippen molar-refractivity contribution >= 4 is 5.82 Å². The Labute approximate surface area is 122 Å². The van der Waals surface area contributed by atoms with Crippen molar-refractivity contribution in [2.24, 2.45) is 5.92 Å². The van der Waals surface area contributed by atoms with Crippen molar-refractivity contribution in [1.82, 2.24) is 9.88 Å². The van der Waals surface area contributed by atoms with E-state index in [4.69, 9.17) is 5.73 Å². The summed E-state index contributed by atoms with van der Waals surface area (Å²) in [5.41, 5.74) is 6.80. The summed E-state index contributed by atoms with van der Waals surface area (Å²) in [5.74, 6) is 1.48. The van der Waals surface area contributed by atoms with Crippen LogP contribution in [-0.4, -0.2) is 41.2 Å². The lowest BCUT2D eigenvalue weighted by Gasteiger charge is -2.23. The predicted molar refractivity (Wildman–Crippen MR) is 82.5 cm³/mol. The third-order valence-electron chi connectivity index (χ3n) is 4.31. The maximum atomic E-state index is 9.19. The molecule has 1 aromatic rings. The molecular formula is C16H27N3O. The summed E-state index contributed by atoms with van der Waals surface area (Å²) in [7, 11) is 0. The highest BCUT2D eigenvalue weighted by Crippen LogP contribution is 2.27. The summed E-state index contributed by atoms with van der Waals surface area (Å²) in [6.45, 7) is 3.10. The van der Waals surface area contributed by atoms with Crippen molar-refractivity contribution in [1.29, 1.82) is 0 Å². The first-order valence-corrected chi connectivity index (χ1v) is 7.81. The molecule has 20 heavy (non-hydrogen) atoms. The second-order valence-corrected chi connectivity index (χ2v) is 5.85. The highest BCUT2D eigenvalue weighted by Gasteiger charge is 2.16. The van der Waals surface area contributed by atoms with Crippen molar-refractivity contribution in [3.05, 3.63) is 23.9 Å². The first-order chi connectivity index (χ1) is 9.78. The quantitative estimate of drug-likeness (QED) is 0.763. The van der Waals surface area contributed by atoms with E-state index < -0.39 is 0 Å². The van der Waals surface area contributed by atoms with Gasteiger partial charge in [0.1, 0.15) is 5.82 Å². The van der Waals surface area contributed by atoms with Gasteiger partial charge in [-0.25, -0.2) is 4.98 Å². The van der Waals surface area contributed by atoms with Gasteiger partial charge in [-0.3, -0.25) is 0 Å². The zero-order valence-corrected chi connectivity index (χ0v) is 12.3. The van der Waals surface area contributed by atoms with Gasteiger partial charge in [0, 0.05) is 19.3 Å². The average Bonchev–Trinajstić information content (AvgIpc) is 2.97. The molecule has 0 aromatic carbocycles. The van der Waals surface area contributed by atoms with Crippen LogP contribution in [0.5, 0.6) is 0 Å². The third kappa shape index (κ3) is 5.10. The monoisotopic (exact) mass is 277 g/mol. The molecule has 1 aliphatic rings. The van der Waals surface area contributed by atoms with Gasteiger partial charge in [-0.05, 0) is 36.9 Å². The zero-order valence-electron chi connectivity index (χ0n) is 12.3. The summed E-state index contributed by atoms with van der Waals surface area (Å²) in [4.78, 5) is 6.49. The Bertz CT molecular complexity index is 374. The highest BCUT2D eigenvalue weighted by atomic mass is 16.3. The second kappa shape index (κ2) is 8.22. The minimum atomic E-state index is 0.241. The zero-order chi connectivity index (χ0) is 14.2. The molecule has 112 valence electrons. The largest absolute Gasteiger partial charge is 0.395 e. The summed E-state index contributed by atoms with van der Waals surface area (Å²) in [5, 5.41) is 9.19. The van der Waals surface area contributed by atoms with Gasteiger partial charge in [0.05, 0.1) is 6.61 Å². The molecule has 4 heteroatoms. The maximum absolute atomic E-state index is 9.19. The third-order valence-corrected chi connectivity index (χ3v) is 4.31. The van der Waals surface area contributed by atoms with Crippen molar-refractivity contribution in [2.75, 3.05) is 32.0 Å². The van der Waals surface area contributed by atoms with Gasteiger partial charge in [0.2, 0.25) is 0 Å². The molecule has 0 bridgehead atoms. The van der Waals surface area contributed by atoms with Crippen molar-refractivity contribution in [3.8, 4) is 0 Å². The Hall–Kier alpha value is -1.13. The van der Waals surface area contributed by atoms with Gasteiger partial charge in [0.25, 0.3) is 0 Å². The van der Waals surface area contributed by atoms with Crippen LogP contribution in [0.1, 0.15) is 37.7 Å². The molecule has 0 spiro atoms. The SMILES string of the molecule is Nc1ccc(CCN(CCO)CCC2CCCC2)cn1. The average molecular weight is 277 g/mol. The number of nitrogens with zero attached hydrogens (tertiary/aromatic N) is 2. The van der Waals surface area contributed by atoms with E-state index in [9.17, 15) is 5.11 Å². The molecule has 0 aliphatic heterocycles. The van der Waals surface area contributed by atoms with E-state index in [0.29, 0.717) is 5.82 Å². The van der Waals surface area contributed by atoms with Crippen LogP contribution in [0.4, 0.5) is 5.82 Å². The first-order valence-electron chi connectivity index (χ1n) is 7.81. The molecule has 1 saturated carbocycles. The van der Waals surface area contributed by atoms with E-state index in [1.54, 1.807) is 0 Å². The number of aliphatic hydroxyl groups is 1. The predicted octanol–water partition coefficient (Wildman–Crippen LogP) is 2.08.